The highest BCUT2D eigenvalue weighted by Gasteiger charge is 2.38. The number of nitrogens with zero attached hydrogens (tertiary/aromatic N) is 1. The minimum atomic E-state index is -1.05. The molecule has 2 aliphatic rings. The predicted octanol–water partition coefficient (Wildman–Crippen LogP) is 2.88. The molecule has 7 atom stereocenters. The van der Waals surface area contributed by atoms with Crippen molar-refractivity contribution in [2.75, 3.05) is 33.4 Å². The van der Waals surface area contributed by atoms with E-state index in [1.165, 1.54) is 4.90 Å². The van der Waals surface area contributed by atoms with Crippen LogP contribution in [0.3, 0.4) is 0 Å². The van der Waals surface area contributed by atoms with Crippen LogP contribution in [-0.2, 0) is 33.4 Å². The molecule has 0 aromatic rings. The molecule has 0 aromatic carbocycles. The van der Waals surface area contributed by atoms with E-state index in [0.717, 1.165) is 77.0 Å². The summed E-state index contributed by atoms with van der Waals surface area (Å²) in [5, 5.41) is 8.67. The number of likely N-dealkylation sites (N-methyl/N-ethyl adjacent to an activating group) is 1. The average molecular weight is 766 g/mol. The minimum absolute atomic E-state index is 0.110. The predicted molar refractivity (Wildman–Crippen MR) is 211 cm³/mol. The Morgan fingerprint density at radius 2 is 1.46 bits per heavy atom. The van der Waals surface area contributed by atoms with Gasteiger partial charge in [-0.3, -0.25) is 24.0 Å². The summed E-state index contributed by atoms with van der Waals surface area (Å²) < 4.78 is 12.3. The lowest BCUT2D eigenvalue weighted by molar-refractivity contribution is -0.147. The molecule has 0 aliphatic heterocycles. The fourth-order valence-electron chi connectivity index (χ4n) is 7.51. The standard InChI is InChI=1S/C40H75N7O7/c1-7-9-10-15-19-34(54-25-27(4)44-37(49)26(3)24-53-31-20-29(21-31)22-41)28(5)40(52)47(6)33(16-8-2)38(50)46-35(30-17-13-11-12-14-18-30)39(51)45-32(23-42)36(43)48/h26-35H,7-25,41-42H2,1-6H3,(H2,43,48)(H,44,49)(H,45,51)(H,46,50)/t26-,27+,28+,29?,31?,32-,33-,34+,35-/m0/s1. The summed E-state index contributed by atoms with van der Waals surface area (Å²) in [5.41, 5.74) is 16.9. The molecule has 0 bridgehead atoms. The first-order chi connectivity index (χ1) is 25.8. The van der Waals surface area contributed by atoms with Gasteiger partial charge in [-0.1, -0.05) is 85.5 Å². The zero-order valence-corrected chi connectivity index (χ0v) is 34.2. The Hall–Kier alpha value is -2.81. The molecule has 2 aliphatic carbocycles. The molecular formula is C40H75N7O7. The second-order valence-corrected chi connectivity index (χ2v) is 16.0. The number of nitrogens with one attached hydrogen (secondary N) is 3. The van der Waals surface area contributed by atoms with Crippen LogP contribution in [0.15, 0.2) is 0 Å². The first-order valence-corrected chi connectivity index (χ1v) is 20.9. The Bertz CT molecular complexity index is 1150. The maximum absolute atomic E-state index is 14.2. The fourth-order valence-corrected chi connectivity index (χ4v) is 7.51. The molecule has 2 fully saturated rings. The monoisotopic (exact) mass is 766 g/mol. The molecule has 54 heavy (non-hydrogen) atoms. The summed E-state index contributed by atoms with van der Waals surface area (Å²) in [4.78, 5) is 68.2. The maximum Gasteiger partial charge on any atom is 0.243 e. The molecule has 0 aromatic heterocycles. The van der Waals surface area contributed by atoms with Crippen LogP contribution in [0, 0.1) is 23.7 Å². The number of amides is 5. The highest BCUT2D eigenvalue weighted by molar-refractivity contribution is 5.94. The third-order valence-electron chi connectivity index (χ3n) is 11.3. The smallest absolute Gasteiger partial charge is 0.243 e. The summed E-state index contributed by atoms with van der Waals surface area (Å²) in [5.74, 6) is -2.50. The zero-order chi connectivity index (χ0) is 40.2. The van der Waals surface area contributed by atoms with E-state index < -0.39 is 47.9 Å². The Morgan fingerprint density at radius 3 is 2.04 bits per heavy atom. The summed E-state index contributed by atoms with van der Waals surface area (Å²) in [6.07, 6.45) is 12.8. The molecule has 14 nitrogen and oxygen atoms in total. The van der Waals surface area contributed by atoms with Crippen molar-refractivity contribution in [3.63, 3.8) is 0 Å². The van der Waals surface area contributed by atoms with E-state index in [1.54, 1.807) is 7.05 Å². The second-order valence-electron chi connectivity index (χ2n) is 16.0. The SMILES string of the molecule is CCCCCC[C@@H](OC[C@@H](C)NC(=O)[C@@H](C)COC1CC(CN)C1)[C@@H](C)C(=O)N(C)[C@@H](CCC)C(=O)N[C@H](C(=O)N[C@@H](CN)C(N)=O)C1CCCCCC1. The van der Waals surface area contributed by atoms with Gasteiger partial charge in [-0.05, 0) is 63.8 Å². The number of primary amides is 1. The van der Waals surface area contributed by atoms with Crippen LogP contribution in [0.4, 0.5) is 0 Å². The first-order valence-electron chi connectivity index (χ1n) is 20.9. The molecule has 0 saturated heterocycles. The number of nitrogens with two attached hydrogens (primary N) is 3. The molecule has 0 spiro atoms. The molecule has 9 N–H and O–H groups in total. The second kappa shape index (κ2) is 25.4. The van der Waals surface area contributed by atoms with E-state index in [1.807, 2.05) is 27.7 Å². The van der Waals surface area contributed by atoms with Gasteiger partial charge < -0.3 is 47.5 Å². The number of unbranched alkanes of at least 4 members (excludes halogenated alkanes) is 3. The van der Waals surface area contributed by atoms with Crippen LogP contribution in [0.5, 0.6) is 0 Å². The molecule has 0 heterocycles. The summed E-state index contributed by atoms with van der Waals surface area (Å²) in [7, 11) is 1.64. The van der Waals surface area contributed by atoms with Crippen molar-refractivity contribution in [2.45, 2.75) is 167 Å². The van der Waals surface area contributed by atoms with Crippen molar-refractivity contribution in [1.82, 2.24) is 20.9 Å². The Morgan fingerprint density at radius 1 is 0.796 bits per heavy atom. The molecule has 5 amide bonds. The van der Waals surface area contributed by atoms with Crippen molar-refractivity contribution in [3.8, 4) is 0 Å². The lowest BCUT2D eigenvalue weighted by atomic mass is 9.82. The van der Waals surface area contributed by atoms with Gasteiger partial charge in [-0.15, -0.1) is 0 Å². The van der Waals surface area contributed by atoms with Crippen LogP contribution in [-0.4, -0.2) is 104 Å². The van der Waals surface area contributed by atoms with E-state index in [9.17, 15) is 24.0 Å². The van der Waals surface area contributed by atoms with E-state index in [0.29, 0.717) is 38.3 Å². The minimum Gasteiger partial charge on any atom is -0.377 e. The average Bonchev–Trinajstić information content (AvgIpc) is 3.42. The van der Waals surface area contributed by atoms with Gasteiger partial charge in [0.05, 0.1) is 37.3 Å². The van der Waals surface area contributed by atoms with Gasteiger partial charge in [-0.25, -0.2) is 0 Å². The van der Waals surface area contributed by atoms with Gasteiger partial charge in [0.1, 0.15) is 18.1 Å². The van der Waals surface area contributed by atoms with Gasteiger partial charge in [0.25, 0.3) is 0 Å². The molecular weight excluding hydrogens is 690 g/mol. The third-order valence-corrected chi connectivity index (χ3v) is 11.3. The van der Waals surface area contributed by atoms with E-state index >= 15 is 0 Å². The topological polar surface area (TPSA) is 221 Å². The van der Waals surface area contributed by atoms with Crippen molar-refractivity contribution in [1.29, 1.82) is 0 Å². The maximum atomic E-state index is 14.2. The summed E-state index contributed by atoms with van der Waals surface area (Å²) >= 11 is 0. The number of hydrogen-bond donors (Lipinski definition) is 6. The van der Waals surface area contributed by atoms with Crippen LogP contribution in [0.25, 0.3) is 0 Å². The summed E-state index contributed by atoms with van der Waals surface area (Å²) in [6, 6.07) is -3.06. The van der Waals surface area contributed by atoms with Gasteiger partial charge in [-0.2, -0.15) is 0 Å². The highest BCUT2D eigenvalue weighted by Crippen LogP contribution is 2.29. The quantitative estimate of drug-likeness (QED) is 0.0562. The van der Waals surface area contributed by atoms with Gasteiger partial charge in [0.15, 0.2) is 0 Å². The first kappa shape index (κ1) is 47.3. The fraction of sp³-hybridized carbons (Fsp3) is 0.875. The van der Waals surface area contributed by atoms with Crippen molar-refractivity contribution in [2.24, 2.45) is 40.9 Å². The Kier molecular flexibility index (Phi) is 22.2. The highest BCUT2D eigenvalue weighted by atomic mass is 16.5. The number of carbonyl (C=O) groups excluding carboxylic acids is 5. The van der Waals surface area contributed by atoms with Crippen LogP contribution < -0.4 is 33.2 Å². The number of ether oxygens (including phenoxy) is 2. The van der Waals surface area contributed by atoms with Crippen molar-refractivity contribution >= 4 is 29.5 Å². The largest absolute Gasteiger partial charge is 0.377 e. The van der Waals surface area contributed by atoms with E-state index in [2.05, 4.69) is 22.9 Å². The van der Waals surface area contributed by atoms with Crippen molar-refractivity contribution in [3.05, 3.63) is 0 Å². The third kappa shape index (κ3) is 15.7. The van der Waals surface area contributed by atoms with Gasteiger partial charge in [0.2, 0.25) is 29.5 Å². The lowest BCUT2D eigenvalue weighted by Gasteiger charge is -2.35. The van der Waals surface area contributed by atoms with Crippen LogP contribution in [0.2, 0.25) is 0 Å². The Labute approximate surface area is 324 Å². The number of hydrogen-bond acceptors (Lipinski definition) is 9. The molecule has 0 radical (unpaired) electrons. The lowest BCUT2D eigenvalue weighted by Crippen LogP contribution is -2.60. The van der Waals surface area contributed by atoms with Crippen molar-refractivity contribution < 1.29 is 33.4 Å². The normalized spacial score (nSPS) is 21.6. The van der Waals surface area contributed by atoms with Crippen LogP contribution >= 0.6 is 0 Å². The molecule has 14 heteroatoms. The van der Waals surface area contributed by atoms with Gasteiger partial charge in [0, 0.05) is 19.6 Å². The molecule has 312 valence electrons. The number of carbonyl (C=O) groups is 5. The number of rotatable bonds is 26. The van der Waals surface area contributed by atoms with Crippen LogP contribution in [0.1, 0.15) is 131 Å². The summed E-state index contributed by atoms with van der Waals surface area (Å²) in [6.45, 7) is 10.7. The van der Waals surface area contributed by atoms with E-state index in [-0.39, 0.29) is 48.9 Å². The van der Waals surface area contributed by atoms with E-state index in [4.69, 9.17) is 26.7 Å². The molecule has 2 rings (SSSR count). The zero-order valence-electron chi connectivity index (χ0n) is 34.2. The van der Waals surface area contributed by atoms with Gasteiger partial charge >= 0.3 is 0 Å². The molecule has 2 saturated carbocycles. The Balaban J connectivity index is 2.12. The molecule has 0 unspecified atom stereocenters.